The lowest BCUT2D eigenvalue weighted by Crippen LogP contribution is -2.48. The minimum Gasteiger partial charge on any atom is -0.496 e. The number of benzene rings is 2. The van der Waals surface area contributed by atoms with Gasteiger partial charge >= 0.3 is 0 Å². The van der Waals surface area contributed by atoms with E-state index in [1.54, 1.807) is 24.1 Å². The number of para-hydroxylation sites is 1. The van der Waals surface area contributed by atoms with Crippen molar-refractivity contribution in [2.75, 3.05) is 20.2 Å². The number of methoxy groups -OCH3 is 1. The third-order valence-electron chi connectivity index (χ3n) is 5.03. The fourth-order valence-electron chi connectivity index (χ4n) is 3.33. The third-order valence-corrected chi connectivity index (χ3v) is 5.03. The van der Waals surface area contributed by atoms with Crippen LogP contribution < -0.4 is 4.74 Å². The van der Waals surface area contributed by atoms with Gasteiger partial charge in [-0.15, -0.1) is 0 Å². The molecule has 1 amide bonds. The summed E-state index contributed by atoms with van der Waals surface area (Å²) in [5.41, 5.74) is 1.40. The van der Waals surface area contributed by atoms with Crippen molar-refractivity contribution in [3.8, 4) is 17.1 Å². The van der Waals surface area contributed by atoms with Gasteiger partial charge in [-0.3, -0.25) is 9.59 Å². The molecule has 7 heteroatoms. The SMILES string of the molecule is COc1ccccc1-c1noc(C2CN(C(=O)CCC(=O)c3ccccc3)C2)n1. The number of carbonyl (C=O) groups is 2. The molecule has 148 valence electrons. The minimum atomic E-state index is -0.0324. The van der Waals surface area contributed by atoms with Crippen LogP contribution >= 0.6 is 0 Å². The smallest absolute Gasteiger partial charge is 0.233 e. The van der Waals surface area contributed by atoms with Crippen LogP contribution in [0.25, 0.3) is 11.4 Å². The summed E-state index contributed by atoms with van der Waals surface area (Å²) < 4.78 is 10.7. The van der Waals surface area contributed by atoms with E-state index in [0.717, 1.165) is 5.56 Å². The summed E-state index contributed by atoms with van der Waals surface area (Å²) in [6, 6.07) is 16.5. The summed E-state index contributed by atoms with van der Waals surface area (Å²) >= 11 is 0. The van der Waals surface area contributed by atoms with E-state index in [1.807, 2.05) is 42.5 Å². The van der Waals surface area contributed by atoms with Crippen LogP contribution in [0.5, 0.6) is 5.75 Å². The van der Waals surface area contributed by atoms with Crippen LogP contribution in [0.2, 0.25) is 0 Å². The van der Waals surface area contributed by atoms with E-state index in [-0.39, 0.29) is 30.4 Å². The van der Waals surface area contributed by atoms with E-state index >= 15 is 0 Å². The molecule has 2 aromatic carbocycles. The highest BCUT2D eigenvalue weighted by Crippen LogP contribution is 2.31. The highest BCUT2D eigenvalue weighted by atomic mass is 16.5. The highest BCUT2D eigenvalue weighted by molar-refractivity contribution is 5.97. The maximum atomic E-state index is 12.3. The lowest BCUT2D eigenvalue weighted by Gasteiger charge is -2.37. The predicted octanol–water partition coefficient (Wildman–Crippen LogP) is 3.33. The molecule has 0 aliphatic carbocycles. The number of carbonyl (C=O) groups excluding carboxylic acids is 2. The number of hydrogen-bond acceptors (Lipinski definition) is 6. The monoisotopic (exact) mass is 391 g/mol. The number of ether oxygens (including phenoxy) is 1. The number of hydrogen-bond donors (Lipinski definition) is 0. The van der Waals surface area contributed by atoms with Crippen molar-refractivity contribution in [2.45, 2.75) is 18.8 Å². The van der Waals surface area contributed by atoms with Gasteiger partial charge in [-0.1, -0.05) is 47.6 Å². The maximum absolute atomic E-state index is 12.3. The molecule has 4 rings (SSSR count). The Labute approximate surface area is 168 Å². The van der Waals surface area contributed by atoms with E-state index < -0.39 is 0 Å². The van der Waals surface area contributed by atoms with Crippen molar-refractivity contribution >= 4 is 11.7 Å². The molecule has 1 fully saturated rings. The maximum Gasteiger partial charge on any atom is 0.233 e. The number of nitrogens with zero attached hydrogens (tertiary/aromatic N) is 3. The van der Waals surface area contributed by atoms with Gasteiger partial charge in [-0.05, 0) is 12.1 Å². The van der Waals surface area contributed by atoms with Crippen molar-refractivity contribution in [1.82, 2.24) is 15.0 Å². The fourth-order valence-corrected chi connectivity index (χ4v) is 3.33. The first-order valence-electron chi connectivity index (χ1n) is 9.48. The van der Waals surface area contributed by atoms with Crippen molar-refractivity contribution < 1.29 is 18.8 Å². The first kappa shape index (κ1) is 18.9. The van der Waals surface area contributed by atoms with E-state index in [9.17, 15) is 9.59 Å². The van der Waals surface area contributed by atoms with E-state index in [1.165, 1.54) is 0 Å². The lowest BCUT2D eigenvalue weighted by molar-refractivity contribution is -0.135. The molecule has 1 aliphatic rings. The normalized spacial score (nSPS) is 13.8. The Morgan fingerprint density at radius 3 is 2.55 bits per heavy atom. The molecule has 1 saturated heterocycles. The quantitative estimate of drug-likeness (QED) is 0.574. The molecule has 29 heavy (non-hydrogen) atoms. The zero-order valence-corrected chi connectivity index (χ0v) is 16.1. The topological polar surface area (TPSA) is 85.5 Å². The van der Waals surface area contributed by atoms with Gasteiger partial charge in [0.1, 0.15) is 5.75 Å². The molecule has 1 aromatic heterocycles. The summed E-state index contributed by atoms with van der Waals surface area (Å²) in [7, 11) is 1.60. The summed E-state index contributed by atoms with van der Waals surface area (Å²) in [6.45, 7) is 1.04. The molecule has 0 unspecified atom stereocenters. The molecule has 0 radical (unpaired) electrons. The van der Waals surface area contributed by atoms with Crippen LogP contribution in [0.3, 0.4) is 0 Å². The van der Waals surface area contributed by atoms with E-state index in [2.05, 4.69) is 10.1 Å². The molecule has 0 bridgehead atoms. The molecule has 0 spiro atoms. The Kier molecular flexibility index (Phi) is 5.37. The first-order valence-corrected chi connectivity index (χ1v) is 9.48. The van der Waals surface area contributed by atoms with Gasteiger partial charge in [0.05, 0.1) is 18.6 Å². The van der Waals surface area contributed by atoms with Crippen LogP contribution in [0, 0.1) is 0 Å². The second-order valence-electron chi connectivity index (χ2n) is 6.94. The second-order valence-corrected chi connectivity index (χ2v) is 6.94. The number of rotatable bonds is 7. The molecule has 0 saturated carbocycles. The molecule has 3 aromatic rings. The Balaban J connectivity index is 1.30. The molecular weight excluding hydrogens is 370 g/mol. The zero-order valence-electron chi connectivity index (χ0n) is 16.1. The van der Waals surface area contributed by atoms with Crippen molar-refractivity contribution in [3.05, 3.63) is 66.1 Å². The zero-order chi connectivity index (χ0) is 20.2. The number of amides is 1. The summed E-state index contributed by atoms with van der Waals surface area (Å²) in [6.07, 6.45) is 0.416. The van der Waals surface area contributed by atoms with Crippen LogP contribution in [-0.2, 0) is 4.79 Å². The van der Waals surface area contributed by atoms with Crippen LogP contribution in [0.1, 0.15) is 35.0 Å². The Bertz CT molecular complexity index is 1010. The largest absolute Gasteiger partial charge is 0.496 e. The van der Waals surface area contributed by atoms with Gasteiger partial charge in [0.15, 0.2) is 5.78 Å². The Morgan fingerprint density at radius 2 is 1.79 bits per heavy atom. The van der Waals surface area contributed by atoms with Gasteiger partial charge in [0, 0.05) is 31.5 Å². The van der Waals surface area contributed by atoms with Crippen molar-refractivity contribution in [2.24, 2.45) is 0 Å². The van der Waals surface area contributed by atoms with Gasteiger partial charge in [-0.2, -0.15) is 4.98 Å². The predicted molar refractivity (Wildman–Crippen MR) is 106 cm³/mol. The lowest BCUT2D eigenvalue weighted by atomic mass is 9.98. The van der Waals surface area contributed by atoms with Crippen LogP contribution in [-0.4, -0.2) is 46.9 Å². The number of Topliss-reactive ketones (excluding diaryl/α,β-unsaturated/α-hetero) is 1. The number of aromatic nitrogens is 2. The Hall–Kier alpha value is -3.48. The fraction of sp³-hybridized carbons (Fsp3) is 0.273. The molecular formula is C22H21N3O4. The summed E-state index contributed by atoms with van der Waals surface area (Å²) in [4.78, 5) is 30.7. The summed E-state index contributed by atoms with van der Waals surface area (Å²) in [5.74, 6) is 1.61. The van der Waals surface area contributed by atoms with Crippen molar-refractivity contribution in [3.63, 3.8) is 0 Å². The molecule has 2 heterocycles. The van der Waals surface area contributed by atoms with Gasteiger partial charge in [0.25, 0.3) is 0 Å². The number of likely N-dealkylation sites (tertiary alicyclic amines) is 1. The molecule has 0 N–H and O–H groups in total. The standard InChI is InChI=1S/C22H21N3O4/c1-28-19-10-6-5-9-17(19)21-23-22(29-24-21)16-13-25(14-16)20(27)12-11-18(26)15-7-3-2-4-8-15/h2-10,16H,11-14H2,1H3. The highest BCUT2D eigenvalue weighted by Gasteiger charge is 2.35. The average molecular weight is 391 g/mol. The first-order chi connectivity index (χ1) is 14.2. The molecule has 7 nitrogen and oxygen atoms in total. The molecule has 0 atom stereocenters. The van der Waals surface area contributed by atoms with Gasteiger partial charge < -0.3 is 14.2 Å². The van der Waals surface area contributed by atoms with E-state index in [4.69, 9.17) is 9.26 Å². The second kappa shape index (κ2) is 8.26. The average Bonchev–Trinajstić information content (AvgIpc) is 3.21. The summed E-state index contributed by atoms with van der Waals surface area (Å²) in [5, 5.41) is 4.05. The van der Waals surface area contributed by atoms with Gasteiger partial charge in [-0.25, -0.2) is 0 Å². The Morgan fingerprint density at radius 1 is 1.07 bits per heavy atom. The third kappa shape index (κ3) is 4.03. The van der Waals surface area contributed by atoms with E-state index in [0.29, 0.717) is 36.1 Å². The minimum absolute atomic E-state index is 0.0136. The van der Waals surface area contributed by atoms with Crippen LogP contribution in [0.15, 0.2) is 59.1 Å². The number of ketones is 1. The molecule has 1 aliphatic heterocycles. The van der Waals surface area contributed by atoms with Crippen molar-refractivity contribution in [1.29, 1.82) is 0 Å². The van der Waals surface area contributed by atoms with Gasteiger partial charge in [0.2, 0.25) is 17.6 Å². The van der Waals surface area contributed by atoms with Crippen LogP contribution in [0.4, 0.5) is 0 Å².